The molecule has 1 N–H and O–H groups in total. The average Bonchev–Trinajstić information content (AvgIpc) is 3.08. The summed E-state index contributed by atoms with van der Waals surface area (Å²) in [6, 6.07) is 8.48. The third-order valence-electron chi connectivity index (χ3n) is 9.28. The number of hydrogen-bond donors (Lipinski definition) is 1. The maximum atomic E-state index is 13.9. The predicted octanol–water partition coefficient (Wildman–Crippen LogP) is 3.90. The molecule has 6 rings (SSSR count). The second-order valence-corrected chi connectivity index (χ2v) is 11.6. The number of carbonyl (C=O) groups is 1. The lowest BCUT2D eigenvalue weighted by molar-refractivity contribution is -0.135. The molecule has 0 amide bonds. The van der Waals surface area contributed by atoms with Crippen molar-refractivity contribution in [3.8, 4) is 0 Å². The lowest BCUT2D eigenvalue weighted by atomic mass is 9.75. The van der Waals surface area contributed by atoms with Gasteiger partial charge in [-0.25, -0.2) is 9.78 Å². The molecule has 204 valence electrons. The molecule has 1 unspecified atom stereocenters. The van der Waals surface area contributed by atoms with Crippen LogP contribution in [0.5, 0.6) is 0 Å². The van der Waals surface area contributed by atoms with Crippen molar-refractivity contribution in [2.45, 2.75) is 88.9 Å². The molecule has 5 atom stereocenters. The molecule has 4 fully saturated rings. The molecule has 1 aromatic heterocycles. The molecule has 3 heterocycles. The van der Waals surface area contributed by atoms with E-state index in [4.69, 9.17) is 9.47 Å². The van der Waals surface area contributed by atoms with Crippen LogP contribution in [0.3, 0.4) is 0 Å². The van der Waals surface area contributed by atoms with E-state index in [9.17, 15) is 14.8 Å². The molecule has 2 aliphatic heterocycles. The highest BCUT2D eigenvalue weighted by Crippen LogP contribution is 2.44. The molecule has 2 saturated heterocycles. The monoisotopic (exact) mass is 522 g/mol. The summed E-state index contributed by atoms with van der Waals surface area (Å²) in [6.45, 7) is 3.12. The highest BCUT2D eigenvalue weighted by molar-refractivity contribution is 6.42. The first-order chi connectivity index (χ1) is 18.6. The number of rotatable bonds is 5. The Morgan fingerprint density at radius 3 is 2.37 bits per heavy atom. The third-order valence-corrected chi connectivity index (χ3v) is 9.28. The average molecular weight is 523 g/mol. The molecule has 9 heteroatoms. The van der Waals surface area contributed by atoms with E-state index in [0.717, 1.165) is 30.2 Å². The van der Waals surface area contributed by atoms with Crippen molar-refractivity contribution in [2.75, 3.05) is 19.8 Å². The van der Waals surface area contributed by atoms with Crippen LogP contribution in [0.2, 0.25) is 0 Å². The van der Waals surface area contributed by atoms with Gasteiger partial charge in [0, 0.05) is 24.2 Å². The Morgan fingerprint density at radius 1 is 1.03 bits per heavy atom. The Morgan fingerprint density at radius 2 is 1.71 bits per heavy atom. The van der Waals surface area contributed by atoms with E-state index in [1.54, 1.807) is 11.5 Å². The van der Waals surface area contributed by atoms with E-state index in [0.29, 0.717) is 24.8 Å². The Balaban J connectivity index is 1.35. The fourth-order valence-electron chi connectivity index (χ4n) is 7.89. The lowest BCUT2D eigenvalue weighted by Gasteiger charge is -2.54. The van der Waals surface area contributed by atoms with Crippen molar-refractivity contribution < 1.29 is 19.5 Å². The maximum Gasteiger partial charge on any atom is 0.362 e. The Labute approximate surface area is 222 Å². The summed E-state index contributed by atoms with van der Waals surface area (Å²) in [5.41, 5.74) is 0.244. The van der Waals surface area contributed by atoms with Gasteiger partial charge in [0.25, 0.3) is 5.56 Å². The summed E-state index contributed by atoms with van der Waals surface area (Å²) in [5, 5.41) is 12.8. The van der Waals surface area contributed by atoms with E-state index in [1.807, 2.05) is 24.3 Å². The topological polar surface area (TPSA) is 106 Å². The van der Waals surface area contributed by atoms with Gasteiger partial charge >= 0.3 is 5.97 Å². The predicted molar refractivity (Wildman–Crippen MR) is 143 cm³/mol. The number of aromatic nitrogens is 2. The fraction of sp³-hybridized carbons (Fsp3) is 0.655. The number of hydrogen-bond acceptors (Lipinski definition) is 8. The van der Waals surface area contributed by atoms with Crippen molar-refractivity contribution in [1.82, 2.24) is 14.5 Å². The smallest absolute Gasteiger partial charge is 0.362 e. The highest BCUT2D eigenvalue weighted by atomic mass is 16.5. The molecule has 38 heavy (non-hydrogen) atoms. The molecule has 4 aliphatic rings. The minimum atomic E-state index is -0.861. The molecular weight excluding hydrogens is 484 g/mol. The molecular formula is C29H38N4O5. The summed E-state index contributed by atoms with van der Waals surface area (Å²) in [5.74, 6) is 0.822. The van der Waals surface area contributed by atoms with Crippen LogP contribution in [-0.2, 0) is 14.3 Å². The number of benzene rings is 1. The first-order valence-electron chi connectivity index (χ1n) is 14.3. The van der Waals surface area contributed by atoms with Gasteiger partial charge in [-0.3, -0.25) is 9.69 Å². The Hall–Kier alpha value is -2.78. The fourth-order valence-corrected chi connectivity index (χ4v) is 7.89. The van der Waals surface area contributed by atoms with Crippen molar-refractivity contribution in [1.29, 1.82) is 0 Å². The normalized spacial score (nSPS) is 32.1. The summed E-state index contributed by atoms with van der Waals surface area (Å²) in [6.07, 6.45) is 11.0. The highest BCUT2D eigenvalue weighted by Gasteiger charge is 2.46. The summed E-state index contributed by atoms with van der Waals surface area (Å²) in [7, 11) is 0. The van der Waals surface area contributed by atoms with Gasteiger partial charge in [-0.05, 0) is 63.0 Å². The second kappa shape index (κ2) is 10.8. The molecule has 0 spiro atoms. The maximum absolute atomic E-state index is 13.9. The van der Waals surface area contributed by atoms with Crippen LogP contribution < -0.4 is 5.56 Å². The van der Waals surface area contributed by atoms with Gasteiger partial charge in [-0.15, -0.1) is 0 Å². The van der Waals surface area contributed by atoms with Crippen molar-refractivity contribution in [3.63, 3.8) is 0 Å². The number of ether oxygens (including phenoxy) is 2. The van der Waals surface area contributed by atoms with Crippen molar-refractivity contribution in [2.24, 2.45) is 17.0 Å². The summed E-state index contributed by atoms with van der Waals surface area (Å²) < 4.78 is 12.9. The van der Waals surface area contributed by atoms with Crippen LogP contribution in [0.15, 0.2) is 34.2 Å². The van der Waals surface area contributed by atoms with E-state index in [1.165, 1.54) is 44.9 Å². The van der Waals surface area contributed by atoms with Crippen LogP contribution >= 0.6 is 0 Å². The molecule has 2 saturated carbocycles. The lowest BCUT2D eigenvalue weighted by Crippen LogP contribution is -2.62. The largest absolute Gasteiger partial charge is 0.461 e. The summed E-state index contributed by atoms with van der Waals surface area (Å²) >= 11 is 0. The number of nitrogens with zero attached hydrogens (tertiary/aromatic N) is 4. The van der Waals surface area contributed by atoms with Crippen molar-refractivity contribution >= 4 is 22.7 Å². The van der Waals surface area contributed by atoms with Crippen LogP contribution in [0.4, 0.5) is 0 Å². The van der Waals surface area contributed by atoms with Gasteiger partial charge in [0.15, 0.2) is 5.69 Å². The molecule has 0 radical (unpaired) electrons. The summed E-state index contributed by atoms with van der Waals surface area (Å²) in [4.78, 5) is 33.6. The van der Waals surface area contributed by atoms with E-state index in [2.05, 4.69) is 15.0 Å². The Bertz CT molecular complexity index is 1250. The first-order valence-corrected chi connectivity index (χ1v) is 14.3. The van der Waals surface area contributed by atoms with E-state index in [-0.39, 0.29) is 30.4 Å². The van der Waals surface area contributed by atoms with Gasteiger partial charge in [0.1, 0.15) is 0 Å². The van der Waals surface area contributed by atoms with Crippen LogP contribution in [-0.4, -0.2) is 69.3 Å². The molecule has 2 aromatic rings. The Kier molecular flexibility index (Phi) is 7.22. The molecule has 9 nitrogen and oxygen atoms in total. The number of piperidine rings is 1. The van der Waals surface area contributed by atoms with Crippen LogP contribution in [0.1, 0.15) is 76.4 Å². The first kappa shape index (κ1) is 25.5. The zero-order chi connectivity index (χ0) is 26.2. The minimum absolute atomic E-state index is 0.0719. The quantitative estimate of drug-likeness (QED) is 0.275. The van der Waals surface area contributed by atoms with Gasteiger partial charge in [0.05, 0.1) is 30.9 Å². The minimum Gasteiger partial charge on any atom is -0.461 e. The van der Waals surface area contributed by atoms with Gasteiger partial charge < -0.3 is 19.2 Å². The van der Waals surface area contributed by atoms with E-state index < -0.39 is 17.2 Å². The standard InChI is InChI=1S/C29H38N4O5/c1-2-38-29(35)27(31-36)26-28(34)33(25-10-6-5-9-24(25)30-26)21-14-22-16-37-17-23(15-21)32(22)20-12-18-7-3-4-8-19(11-18)13-20/h5-6,9-10,18-23,36H,2-4,7-8,11-17H2,1H3/t18-,19?,20+,22+,23+/m1/s1. The zero-order valence-electron chi connectivity index (χ0n) is 22.1. The van der Waals surface area contributed by atoms with Gasteiger partial charge in [-0.2, -0.15) is 0 Å². The number of fused-ring (bicyclic) bond motifs is 5. The molecule has 2 aliphatic carbocycles. The van der Waals surface area contributed by atoms with Gasteiger partial charge in [0.2, 0.25) is 5.71 Å². The van der Waals surface area contributed by atoms with Crippen LogP contribution in [0, 0.1) is 11.8 Å². The zero-order valence-corrected chi connectivity index (χ0v) is 22.1. The SMILES string of the molecule is CCOC(=O)C(=NO)c1nc2ccccc2n(C2C[C@H]3COC[C@H](C2)N3[C@@H]2CC3CCCC[C@H](C3)C2)c1=O. The third kappa shape index (κ3) is 4.64. The molecule has 4 bridgehead atoms. The van der Waals surface area contributed by atoms with Crippen LogP contribution in [0.25, 0.3) is 11.0 Å². The number of oxime groups is 1. The second-order valence-electron chi connectivity index (χ2n) is 11.6. The number of esters is 1. The van der Waals surface area contributed by atoms with Gasteiger partial charge in [-0.1, -0.05) is 43.0 Å². The van der Waals surface area contributed by atoms with Crippen molar-refractivity contribution in [3.05, 3.63) is 40.3 Å². The van der Waals surface area contributed by atoms with E-state index >= 15 is 0 Å². The number of carbonyl (C=O) groups excluding carboxylic acids is 1. The number of morpholine rings is 1. The molecule has 1 aromatic carbocycles. The number of para-hydroxylation sites is 2.